The molecule has 2 amide bonds. The van der Waals surface area contributed by atoms with Crippen molar-refractivity contribution in [2.24, 2.45) is 5.92 Å². The molecule has 132 valence electrons. The SMILES string of the molecule is N#Cc1cccc(NC(=O)[C@@H]2CCCN(C(=O)c3ccc(Cl)cc3)C2)c1. The average Bonchev–Trinajstić information content (AvgIpc) is 2.68. The number of amides is 2. The molecule has 3 rings (SSSR count). The molecule has 0 unspecified atom stereocenters. The van der Waals surface area contributed by atoms with E-state index in [9.17, 15) is 9.59 Å². The zero-order valence-corrected chi connectivity index (χ0v) is 14.9. The first kappa shape index (κ1) is 18.0. The highest BCUT2D eigenvalue weighted by atomic mass is 35.5. The number of halogens is 1. The quantitative estimate of drug-likeness (QED) is 0.898. The van der Waals surface area contributed by atoms with Crippen LogP contribution in [0.2, 0.25) is 5.02 Å². The highest BCUT2D eigenvalue weighted by Gasteiger charge is 2.29. The summed E-state index contributed by atoms with van der Waals surface area (Å²) in [7, 11) is 0. The number of hydrogen-bond donors (Lipinski definition) is 1. The predicted octanol–water partition coefficient (Wildman–Crippen LogP) is 3.70. The van der Waals surface area contributed by atoms with Crippen LogP contribution in [0.25, 0.3) is 0 Å². The maximum atomic E-state index is 12.6. The maximum Gasteiger partial charge on any atom is 0.253 e. The molecule has 5 nitrogen and oxygen atoms in total. The number of piperidine rings is 1. The predicted molar refractivity (Wildman–Crippen MR) is 99.9 cm³/mol. The van der Waals surface area contributed by atoms with Gasteiger partial charge in [0.15, 0.2) is 0 Å². The van der Waals surface area contributed by atoms with Crippen LogP contribution in [0.15, 0.2) is 48.5 Å². The molecule has 26 heavy (non-hydrogen) atoms. The number of carbonyl (C=O) groups excluding carboxylic acids is 2. The molecule has 1 fully saturated rings. The Kier molecular flexibility index (Phi) is 5.55. The third-order valence-electron chi connectivity index (χ3n) is 4.43. The molecule has 2 aromatic carbocycles. The lowest BCUT2D eigenvalue weighted by atomic mass is 9.96. The first-order valence-electron chi connectivity index (χ1n) is 8.42. The van der Waals surface area contributed by atoms with Crippen molar-refractivity contribution in [3.05, 3.63) is 64.7 Å². The molecule has 0 spiro atoms. The number of benzene rings is 2. The third kappa shape index (κ3) is 4.22. The molecular weight excluding hydrogens is 350 g/mol. The zero-order valence-electron chi connectivity index (χ0n) is 14.1. The molecule has 0 aliphatic carbocycles. The Balaban J connectivity index is 1.65. The number of nitriles is 1. The fourth-order valence-corrected chi connectivity index (χ4v) is 3.19. The van der Waals surface area contributed by atoms with Crippen molar-refractivity contribution in [3.63, 3.8) is 0 Å². The summed E-state index contributed by atoms with van der Waals surface area (Å²) in [5.74, 6) is -0.495. The highest BCUT2D eigenvalue weighted by molar-refractivity contribution is 6.30. The molecular formula is C20H18ClN3O2. The molecule has 1 aliphatic heterocycles. The molecule has 2 aromatic rings. The Bertz CT molecular complexity index is 858. The topological polar surface area (TPSA) is 73.2 Å². The highest BCUT2D eigenvalue weighted by Crippen LogP contribution is 2.21. The van der Waals surface area contributed by atoms with Crippen molar-refractivity contribution in [1.29, 1.82) is 5.26 Å². The number of nitrogens with zero attached hydrogens (tertiary/aromatic N) is 2. The number of hydrogen-bond acceptors (Lipinski definition) is 3. The zero-order chi connectivity index (χ0) is 18.5. The van der Waals surface area contributed by atoms with E-state index in [-0.39, 0.29) is 17.7 Å². The summed E-state index contributed by atoms with van der Waals surface area (Å²) in [5, 5.41) is 12.4. The summed E-state index contributed by atoms with van der Waals surface area (Å²) in [6.45, 7) is 1.01. The van der Waals surface area contributed by atoms with Crippen LogP contribution in [0.4, 0.5) is 5.69 Å². The molecule has 0 radical (unpaired) electrons. The lowest BCUT2D eigenvalue weighted by Crippen LogP contribution is -2.43. The van der Waals surface area contributed by atoms with Gasteiger partial charge in [-0.1, -0.05) is 17.7 Å². The monoisotopic (exact) mass is 367 g/mol. The van der Waals surface area contributed by atoms with Crippen LogP contribution in [0, 0.1) is 17.2 Å². The van der Waals surface area contributed by atoms with E-state index < -0.39 is 0 Å². The summed E-state index contributed by atoms with van der Waals surface area (Å²) in [5.41, 5.74) is 1.65. The van der Waals surface area contributed by atoms with Crippen molar-refractivity contribution >= 4 is 29.1 Å². The van der Waals surface area contributed by atoms with Crippen LogP contribution in [-0.2, 0) is 4.79 Å². The lowest BCUT2D eigenvalue weighted by molar-refractivity contribution is -0.121. The first-order chi connectivity index (χ1) is 12.6. The van der Waals surface area contributed by atoms with Crippen LogP contribution in [0.3, 0.4) is 0 Å². The van der Waals surface area contributed by atoms with Gasteiger partial charge in [-0.15, -0.1) is 0 Å². The van der Waals surface area contributed by atoms with Crippen molar-refractivity contribution in [2.45, 2.75) is 12.8 Å². The van der Waals surface area contributed by atoms with Crippen LogP contribution in [-0.4, -0.2) is 29.8 Å². The average molecular weight is 368 g/mol. The second kappa shape index (κ2) is 8.03. The number of anilines is 1. The smallest absolute Gasteiger partial charge is 0.253 e. The Hall–Kier alpha value is -2.84. The van der Waals surface area contributed by atoms with Crippen molar-refractivity contribution < 1.29 is 9.59 Å². The Morgan fingerprint density at radius 1 is 1.19 bits per heavy atom. The second-order valence-corrected chi connectivity index (χ2v) is 6.72. The fourth-order valence-electron chi connectivity index (χ4n) is 3.06. The molecule has 0 saturated carbocycles. The van der Waals surface area contributed by atoms with Crippen LogP contribution in [0.1, 0.15) is 28.8 Å². The van der Waals surface area contributed by atoms with E-state index in [4.69, 9.17) is 16.9 Å². The number of carbonyl (C=O) groups is 2. The van der Waals surface area contributed by atoms with Gasteiger partial charge >= 0.3 is 0 Å². The number of nitrogens with one attached hydrogen (secondary N) is 1. The third-order valence-corrected chi connectivity index (χ3v) is 4.68. The molecule has 1 aliphatic rings. The number of likely N-dealkylation sites (tertiary alicyclic amines) is 1. The minimum atomic E-state index is -0.272. The fraction of sp³-hybridized carbons (Fsp3) is 0.250. The summed E-state index contributed by atoms with van der Waals surface area (Å²) >= 11 is 5.87. The van der Waals surface area contributed by atoms with Gasteiger partial charge in [0.25, 0.3) is 5.91 Å². The van der Waals surface area contributed by atoms with Gasteiger partial charge in [-0.2, -0.15) is 5.26 Å². The summed E-state index contributed by atoms with van der Waals surface area (Å²) in [4.78, 5) is 26.9. The molecule has 0 bridgehead atoms. The van der Waals surface area contributed by atoms with Crippen LogP contribution in [0.5, 0.6) is 0 Å². The van der Waals surface area contributed by atoms with Crippen molar-refractivity contribution in [3.8, 4) is 6.07 Å². The largest absolute Gasteiger partial charge is 0.338 e. The van der Waals surface area contributed by atoms with E-state index in [0.717, 1.165) is 12.8 Å². The van der Waals surface area contributed by atoms with E-state index in [1.54, 1.807) is 53.4 Å². The van der Waals surface area contributed by atoms with Gasteiger partial charge in [0.05, 0.1) is 17.6 Å². The van der Waals surface area contributed by atoms with Gasteiger partial charge in [-0.3, -0.25) is 9.59 Å². The van der Waals surface area contributed by atoms with E-state index in [2.05, 4.69) is 11.4 Å². The molecule has 0 aromatic heterocycles. The summed E-state index contributed by atoms with van der Waals surface area (Å²) in [6.07, 6.45) is 1.50. The Labute approximate surface area is 157 Å². The standard InChI is InChI=1S/C20H18ClN3O2/c21-17-8-6-15(7-9-17)20(26)24-10-2-4-16(13-24)19(25)23-18-5-1-3-14(11-18)12-22/h1,3,5-9,11,16H,2,4,10,13H2,(H,23,25)/t16-/m1/s1. The van der Waals surface area contributed by atoms with Gasteiger partial charge in [-0.25, -0.2) is 0 Å². The van der Waals surface area contributed by atoms with E-state index in [1.807, 2.05) is 0 Å². The minimum Gasteiger partial charge on any atom is -0.338 e. The maximum absolute atomic E-state index is 12.6. The van der Waals surface area contributed by atoms with Crippen LogP contribution >= 0.6 is 11.6 Å². The molecule has 1 heterocycles. The van der Waals surface area contributed by atoms with Crippen molar-refractivity contribution in [2.75, 3.05) is 18.4 Å². The van der Waals surface area contributed by atoms with E-state index in [1.165, 1.54) is 0 Å². The van der Waals surface area contributed by atoms with Gasteiger partial charge in [0.1, 0.15) is 0 Å². The molecule has 1 saturated heterocycles. The minimum absolute atomic E-state index is 0.0920. The molecule has 1 N–H and O–H groups in total. The second-order valence-electron chi connectivity index (χ2n) is 6.28. The normalized spacial score (nSPS) is 16.6. The number of rotatable bonds is 3. The van der Waals surface area contributed by atoms with E-state index in [0.29, 0.717) is 34.9 Å². The lowest BCUT2D eigenvalue weighted by Gasteiger charge is -2.32. The van der Waals surface area contributed by atoms with Gasteiger partial charge in [0.2, 0.25) is 5.91 Å². The Morgan fingerprint density at radius 2 is 1.96 bits per heavy atom. The van der Waals surface area contributed by atoms with Crippen molar-refractivity contribution in [1.82, 2.24) is 4.90 Å². The van der Waals surface area contributed by atoms with Gasteiger partial charge < -0.3 is 10.2 Å². The molecule has 1 atom stereocenters. The van der Waals surface area contributed by atoms with Gasteiger partial charge in [-0.05, 0) is 55.3 Å². The molecule has 6 heteroatoms. The first-order valence-corrected chi connectivity index (χ1v) is 8.80. The van der Waals surface area contributed by atoms with Gasteiger partial charge in [0, 0.05) is 29.4 Å². The Morgan fingerprint density at radius 3 is 2.69 bits per heavy atom. The summed E-state index contributed by atoms with van der Waals surface area (Å²) < 4.78 is 0. The van der Waals surface area contributed by atoms with Crippen LogP contribution < -0.4 is 5.32 Å². The van der Waals surface area contributed by atoms with E-state index >= 15 is 0 Å². The summed E-state index contributed by atoms with van der Waals surface area (Å²) in [6, 6.07) is 15.6.